The van der Waals surface area contributed by atoms with Gasteiger partial charge in [-0.1, -0.05) is 6.08 Å². The van der Waals surface area contributed by atoms with Gasteiger partial charge in [0.05, 0.1) is 26.2 Å². The monoisotopic (exact) mass is 406 g/mol. The molecule has 0 aliphatic carbocycles. The lowest BCUT2D eigenvalue weighted by molar-refractivity contribution is 0.102. The van der Waals surface area contributed by atoms with Crippen LogP contribution in [0.2, 0.25) is 0 Å². The molecule has 0 spiro atoms. The third kappa shape index (κ3) is 4.81. The Balaban J connectivity index is 2.22. The van der Waals surface area contributed by atoms with Gasteiger partial charge in [0.2, 0.25) is 15.8 Å². The molecule has 0 bridgehead atoms. The van der Waals surface area contributed by atoms with Crippen LogP contribution in [0, 0.1) is 0 Å². The predicted molar refractivity (Wildman–Crippen MR) is 106 cm³/mol. The lowest BCUT2D eigenvalue weighted by atomic mass is 10.2. The van der Waals surface area contributed by atoms with Crippen LogP contribution in [-0.4, -0.2) is 42.2 Å². The quantitative estimate of drug-likeness (QED) is 0.620. The van der Waals surface area contributed by atoms with E-state index in [1.807, 2.05) is 0 Å². The normalized spacial score (nSPS) is 10.8. The molecule has 2 N–H and O–H groups in total. The number of carbonyl (C=O) groups excluding carboxylic acids is 1. The first-order chi connectivity index (χ1) is 13.4. The number of methoxy groups -OCH3 is 3. The van der Waals surface area contributed by atoms with E-state index >= 15 is 0 Å². The van der Waals surface area contributed by atoms with Crippen LogP contribution in [0.1, 0.15) is 10.4 Å². The summed E-state index contributed by atoms with van der Waals surface area (Å²) in [4.78, 5) is 12.6. The molecule has 0 radical (unpaired) electrons. The van der Waals surface area contributed by atoms with Gasteiger partial charge in [-0.3, -0.25) is 4.79 Å². The molecule has 0 saturated carbocycles. The smallest absolute Gasteiger partial charge is 0.255 e. The molecule has 0 aliphatic rings. The number of benzene rings is 2. The number of nitrogens with one attached hydrogen (secondary N) is 2. The summed E-state index contributed by atoms with van der Waals surface area (Å²) in [7, 11) is 0.784. The number of hydrogen-bond acceptors (Lipinski definition) is 6. The summed E-state index contributed by atoms with van der Waals surface area (Å²) in [5.41, 5.74) is 0.722. The van der Waals surface area contributed by atoms with E-state index in [-0.39, 0.29) is 17.0 Å². The van der Waals surface area contributed by atoms with E-state index in [0.717, 1.165) is 0 Å². The van der Waals surface area contributed by atoms with E-state index in [4.69, 9.17) is 14.2 Å². The van der Waals surface area contributed by atoms with Gasteiger partial charge in [0.15, 0.2) is 11.5 Å². The minimum Gasteiger partial charge on any atom is -0.493 e. The highest BCUT2D eigenvalue weighted by Crippen LogP contribution is 2.40. The van der Waals surface area contributed by atoms with Gasteiger partial charge in [-0.15, -0.1) is 6.58 Å². The molecule has 0 fully saturated rings. The second-order valence-corrected chi connectivity index (χ2v) is 7.30. The molecular formula is C19H22N2O6S. The van der Waals surface area contributed by atoms with Crippen molar-refractivity contribution in [1.29, 1.82) is 0 Å². The van der Waals surface area contributed by atoms with Crippen LogP contribution in [0.25, 0.3) is 0 Å². The van der Waals surface area contributed by atoms with Gasteiger partial charge in [0, 0.05) is 29.9 Å². The van der Waals surface area contributed by atoms with Crippen LogP contribution in [0.4, 0.5) is 5.69 Å². The molecule has 1 amide bonds. The topological polar surface area (TPSA) is 103 Å². The maximum atomic E-state index is 12.5. The first kappa shape index (κ1) is 21.3. The van der Waals surface area contributed by atoms with Gasteiger partial charge in [0.25, 0.3) is 5.91 Å². The largest absolute Gasteiger partial charge is 0.493 e. The first-order valence-electron chi connectivity index (χ1n) is 8.18. The molecule has 2 rings (SSSR count). The molecule has 0 unspecified atom stereocenters. The summed E-state index contributed by atoms with van der Waals surface area (Å²) in [6, 6.07) is 8.76. The zero-order valence-corrected chi connectivity index (χ0v) is 16.6. The summed E-state index contributed by atoms with van der Waals surface area (Å²) in [6.07, 6.45) is 1.44. The summed E-state index contributed by atoms with van der Waals surface area (Å²) in [6.45, 7) is 3.58. The Morgan fingerprint density at radius 1 is 1.04 bits per heavy atom. The van der Waals surface area contributed by atoms with E-state index in [9.17, 15) is 13.2 Å². The molecule has 9 heteroatoms. The molecule has 150 valence electrons. The molecule has 2 aromatic rings. The second kappa shape index (κ2) is 9.25. The Hall–Kier alpha value is -3.04. The SMILES string of the molecule is C=CCNS(=O)(=O)c1ccc(C(=O)Nc2cc(OC)c(OC)c(OC)c2)cc1. The number of ether oxygens (including phenoxy) is 3. The van der Waals surface area contributed by atoms with Crippen LogP contribution < -0.4 is 24.2 Å². The van der Waals surface area contributed by atoms with Crippen molar-refractivity contribution in [3.05, 3.63) is 54.6 Å². The molecule has 2 aromatic carbocycles. The number of sulfonamides is 1. The van der Waals surface area contributed by atoms with Crippen LogP contribution in [0.15, 0.2) is 53.9 Å². The maximum absolute atomic E-state index is 12.5. The van der Waals surface area contributed by atoms with E-state index in [1.54, 1.807) is 12.1 Å². The van der Waals surface area contributed by atoms with Crippen molar-refractivity contribution in [3.63, 3.8) is 0 Å². The summed E-state index contributed by atoms with van der Waals surface area (Å²) < 4.78 is 42.2. The summed E-state index contributed by atoms with van der Waals surface area (Å²) in [5, 5.41) is 2.72. The number of hydrogen-bond donors (Lipinski definition) is 2. The van der Waals surface area contributed by atoms with Gasteiger partial charge in [-0.05, 0) is 24.3 Å². The van der Waals surface area contributed by atoms with E-state index in [1.165, 1.54) is 51.7 Å². The van der Waals surface area contributed by atoms with Crippen LogP contribution >= 0.6 is 0 Å². The van der Waals surface area contributed by atoms with E-state index in [2.05, 4.69) is 16.6 Å². The molecule has 28 heavy (non-hydrogen) atoms. The average molecular weight is 406 g/mol. The Bertz CT molecular complexity index is 930. The van der Waals surface area contributed by atoms with Gasteiger partial charge < -0.3 is 19.5 Å². The number of anilines is 1. The second-order valence-electron chi connectivity index (χ2n) is 5.53. The zero-order chi connectivity index (χ0) is 20.7. The minimum absolute atomic E-state index is 0.0543. The maximum Gasteiger partial charge on any atom is 0.255 e. The van der Waals surface area contributed by atoms with E-state index < -0.39 is 15.9 Å². The van der Waals surface area contributed by atoms with Crippen molar-refractivity contribution in [2.24, 2.45) is 0 Å². The summed E-state index contributed by atoms with van der Waals surface area (Å²) >= 11 is 0. The fourth-order valence-corrected chi connectivity index (χ4v) is 3.39. The van der Waals surface area contributed by atoms with Gasteiger partial charge >= 0.3 is 0 Å². The molecule has 0 aliphatic heterocycles. The Kier molecular flexibility index (Phi) is 7.02. The van der Waals surface area contributed by atoms with E-state index in [0.29, 0.717) is 22.9 Å². The zero-order valence-electron chi connectivity index (χ0n) is 15.8. The Labute approximate surface area is 164 Å². The predicted octanol–water partition coefficient (Wildman–Crippen LogP) is 2.43. The number of amides is 1. The molecule has 0 heterocycles. The number of carbonyl (C=O) groups is 1. The van der Waals surface area contributed by atoms with Crippen molar-refractivity contribution in [3.8, 4) is 17.2 Å². The highest BCUT2D eigenvalue weighted by molar-refractivity contribution is 7.89. The van der Waals surface area contributed by atoms with Crippen LogP contribution in [0.5, 0.6) is 17.2 Å². The highest BCUT2D eigenvalue weighted by atomic mass is 32.2. The highest BCUT2D eigenvalue weighted by Gasteiger charge is 2.16. The first-order valence-corrected chi connectivity index (χ1v) is 9.66. The molecule has 0 aromatic heterocycles. The fourth-order valence-electron chi connectivity index (χ4n) is 2.39. The molecule has 8 nitrogen and oxygen atoms in total. The van der Waals surface area contributed by atoms with Crippen molar-refractivity contribution in [2.75, 3.05) is 33.2 Å². The lowest BCUT2D eigenvalue weighted by Crippen LogP contribution is -2.23. The third-order valence-electron chi connectivity index (χ3n) is 3.77. The van der Waals surface area contributed by atoms with Crippen molar-refractivity contribution in [1.82, 2.24) is 4.72 Å². The molecular weight excluding hydrogens is 384 g/mol. The molecule has 0 saturated heterocycles. The lowest BCUT2D eigenvalue weighted by Gasteiger charge is -2.14. The van der Waals surface area contributed by atoms with Crippen molar-refractivity contribution in [2.45, 2.75) is 4.90 Å². The third-order valence-corrected chi connectivity index (χ3v) is 5.21. The van der Waals surface area contributed by atoms with Crippen LogP contribution in [-0.2, 0) is 10.0 Å². The molecule has 0 atom stereocenters. The van der Waals surface area contributed by atoms with Crippen LogP contribution in [0.3, 0.4) is 0 Å². The van der Waals surface area contributed by atoms with Gasteiger partial charge in [0.1, 0.15) is 0 Å². The van der Waals surface area contributed by atoms with Gasteiger partial charge in [-0.25, -0.2) is 13.1 Å². The van der Waals surface area contributed by atoms with Crippen molar-refractivity contribution < 1.29 is 27.4 Å². The Morgan fingerprint density at radius 2 is 1.61 bits per heavy atom. The summed E-state index contributed by atoms with van der Waals surface area (Å²) in [5.74, 6) is 0.778. The fraction of sp³-hybridized carbons (Fsp3) is 0.211. The minimum atomic E-state index is -3.65. The standard InChI is InChI=1S/C19H22N2O6S/c1-5-10-20-28(23,24)15-8-6-13(7-9-15)19(22)21-14-11-16(25-2)18(27-4)17(12-14)26-3/h5-9,11-12,20H,1,10H2,2-4H3,(H,21,22). The number of rotatable bonds is 9. The average Bonchev–Trinajstić information content (AvgIpc) is 2.71. The van der Waals surface area contributed by atoms with Gasteiger partial charge in [-0.2, -0.15) is 0 Å². The Morgan fingerprint density at radius 3 is 2.07 bits per heavy atom. The van der Waals surface area contributed by atoms with Crippen molar-refractivity contribution >= 4 is 21.6 Å².